The zero-order valence-corrected chi connectivity index (χ0v) is 18.3. The number of fused-ring (bicyclic) bond motifs is 1. The van der Waals surface area contributed by atoms with E-state index in [1.54, 1.807) is 32.2 Å². The Bertz CT molecular complexity index is 1220. The van der Waals surface area contributed by atoms with Crippen molar-refractivity contribution in [1.82, 2.24) is 10.3 Å². The van der Waals surface area contributed by atoms with Gasteiger partial charge in [0, 0.05) is 11.6 Å². The van der Waals surface area contributed by atoms with Crippen LogP contribution in [0.3, 0.4) is 0 Å². The molecule has 7 heteroatoms. The molecule has 6 nitrogen and oxygen atoms in total. The second-order valence-electron chi connectivity index (χ2n) is 7.16. The van der Waals surface area contributed by atoms with Gasteiger partial charge in [-0.1, -0.05) is 42.2 Å². The second kappa shape index (κ2) is 10.1. The topological polar surface area (TPSA) is 85.4 Å². The number of pyridine rings is 1. The molecule has 31 heavy (non-hydrogen) atoms. The van der Waals surface area contributed by atoms with Gasteiger partial charge >= 0.3 is 0 Å². The summed E-state index contributed by atoms with van der Waals surface area (Å²) in [6.07, 6.45) is 1.87. The predicted molar refractivity (Wildman–Crippen MR) is 120 cm³/mol. The van der Waals surface area contributed by atoms with Crippen LogP contribution < -0.4 is 10.1 Å². The van der Waals surface area contributed by atoms with Crippen LogP contribution in [0.25, 0.3) is 10.9 Å². The molecule has 0 saturated carbocycles. The number of sulfone groups is 1. The molecule has 160 valence electrons. The summed E-state index contributed by atoms with van der Waals surface area (Å²) < 4.78 is 30.0. The van der Waals surface area contributed by atoms with Gasteiger partial charge in [-0.05, 0) is 43.7 Å². The summed E-state index contributed by atoms with van der Waals surface area (Å²) in [6.45, 7) is 3.68. The van der Waals surface area contributed by atoms with E-state index in [9.17, 15) is 13.2 Å². The van der Waals surface area contributed by atoms with E-state index in [1.165, 1.54) is 12.1 Å². The van der Waals surface area contributed by atoms with Gasteiger partial charge < -0.3 is 10.1 Å². The Kier molecular flexibility index (Phi) is 7.27. The van der Waals surface area contributed by atoms with E-state index in [0.29, 0.717) is 5.75 Å². The van der Waals surface area contributed by atoms with Crippen LogP contribution in [0.2, 0.25) is 0 Å². The molecule has 1 N–H and O–H groups in total. The van der Waals surface area contributed by atoms with Gasteiger partial charge in [0.25, 0.3) is 0 Å². The Morgan fingerprint density at radius 1 is 1.06 bits per heavy atom. The van der Waals surface area contributed by atoms with Crippen LogP contribution in [-0.4, -0.2) is 37.7 Å². The summed E-state index contributed by atoms with van der Waals surface area (Å²) in [5, 5.41) is 3.23. The minimum Gasteiger partial charge on any atom is -0.479 e. The van der Waals surface area contributed by atoms with Gasteiger partial charge in [-0.2, -0.15) is 0 Å². The lowest BCUT2D eigenvalue weighted by molar-refractivity contribution is -0.120. The van der Waals surface area contributed by atoms with Crippen LogP contribution >= 0.6 is 0 Å². The molecule has 3 rings (SSSR count). The Hall–Kier alpha value is -3.37. The molecule has 0 aliphatic rings. The van der Waals surface area contributed by atoms with Gasteiger partial charge in [0.1, 0.15) is 17.9 Å². The highest BCUT2D eigenvalue weighted by Crippen LogP contribution is 2.22. The SMILES string of the molecule is CC(C)S(=O)(=O)c1ccc(CC(=O)NCC#CCOc2cccc3cccnc23)cc1. The quantitative estimate of drug-likeness (QED) is 0.575. The molecular formula is C24H24N2O4S. The molecule has 3 aromatic rings. The Labute approximate surface area is 182 Å². The molecule has 0 bridgehead atoms. The van der Waals surface area contributed by atoms with Crippen molar-refractivity contribution < 1.29 is 17.9 Å². The average Bonchev–Trinajstić information content (AvgIpc) is 2.76. The van der Waals surface area contributed by atoms with Crippen molar-refractivity contribution in [3.63, 3.8) is 0 Å². The number of ether oxygens (including phenoxy) is 1. The molecule has 1 aromatic heterocycles. The van der Waals surface area contributed by atoms with Crippen LogP contribution in [0.1, 0.15) is 19.4 Å². The van der Waals surface area contributed by atoms with Crippen molar-refractivity contribution in [2.75, 3.05) is 13.2 Å². The van der Waals surface area contributed by atoms with Crippen molar-refractivity contribution in [2.24, 2.45) is 0 Å². The number of hydrogen-bond donors (Lipinski definition) is 1. The van der Waals surface area contributed by atoms with E-state index in [4.69, 9.17) is 4.74 Å². The first kappa shape index (κ1) is 22.3. The molecular weight excluding hydrogens is 412 g/mol. The Morgan fingerprint density at radius 2 is 1.81 bits per heavy atom. The van der Waals surface area contributed by atoms with Crippen LogP contribution in [0, 0.1) is 11.8 Å². The molecule has 0 radical (unpaired) electrons. The van der Waals surface area contributed by atoms with E-state index in [2.05, 4.69) is 22.1 Å². The fourth-order valence-corrected chi connectivity index (χ4v) is 3.94. The lowest BCUT2D eigenvalue weighted by Crippen LogP contribution is -2.25. The first-order valence-corrected chi connectivity index (χ1v) is 11.4. The molecule has 0 aliphatic carbocycles. The zero-order valence-electron chi connectivity index (χ0n) is 17.5. The van der Waals surface area contributed by atoms with E-state index in [-0.39, 0.29) is 30.4 Å². The van der Waals surface area contributed by atoms with Gasteiger partial charge in [0.05, 0.1) is 23.1 Å². The zero-order chi connectivity index (χ0) is 22.3. The molecule has 0 unspecified atom stereocenters. The molecule has 1 amide bonds. The summed E-state index contributed by atoms with van der Waals surface area (Å²) in [4.78, 5) is 16.7. The largest absolute Gasteiger partial charge is 0.479 e. The first-order valence-electron chi connectivity index (χ1n) is 9.90. The summed E-state index contributed by atoms with van der Waals surface area (Å²) in [5.41, 5.74) is 1.52. The van der Waals surface area contributed by atoms with Crippen molar-refractivity contribution in [1.29, 1.82) is 0 Å². The van der Waals surface area contributed by atoms with Crippen molar-refractivity contribution >= 4 is 26.6 Å². The molecule has 0 saturated heterocycles. The first-order chi connectivity index (χ1) is 14.9. The smallest absolute Gasteiger partial charge is 0.225 e. The molecule has 0 atom stereocenters. The minimum atomic E-state index is -3.31. The van der Waals surface area contributed by atoms with Crippen LogP contribution in [0.15, 0.2) is 65.7 Å². The van der Waals surface area contributed by atoms with Gasteiger partial charge in [0.2, 0.25) is 5.91 Å². The molecule has 2 aromatic carbocycles. The van der Waals surface area contributed by atoms with Gasteiger partial charge in [0.15, 0.2) is 9.84 Å². The van der Waals surface area contributed by atoms with Crippen LogP contribution in [-0.2, 0) is 21.1 Å². The maximum absolute atomic E-state index is 12.1. The molecule has 0 fully saturated rings. The van der Waals surface area contributed by atoms with Gasteiger partial charge in [-0.15, -0.1) is 0 Å². The molecule has 1 heterocycles. The third kappa shape index (κ3) is 5.83. The summed E-state index contributed by atoms with van der Waals surface area (Å²) >= 11 is 0. The third-order valence-electron chi connectivity index (χ3n) is 4.63. The molecule has 0 aliphatic heterocycles. The highest BCUT2D eigenvalue weighted by molar-refractivity contribution is 7.92. The Balaban J connectivity index is 1.45. The van der Waals surface area contributed by atoms with E-state index in [1.807, 2.05) is 30.3 Å². The summed E-state index contributed by atoms with van der Waals surface area (Å²) in [6, 6.07) is 15.9. The highest BCUT2D eigenvalue weighted by atomic mass is 32.2. The fourth-order valence-electron chi connectivity index (χ4n) is 2.88. The number of rotatable bonds is 7. The van der Waals surface area contributed by atoms with Crippen molar-refractivity contribution in [3.8, 4) is 17.6 Å². The minimum absolute atomic E-state index is 0.155. The monoisotopic (exact) mass is 436 g/mol. The number of benzene rings is 2. The fraction of sp³-hybridized carbons (Fsp3) is 0.250. The second-order valence-corrected chi connectivity index (χ2v) is 9.67. The Morgan fingerprint density at radius 3 is 2.55 bits per heavy atom. The number of aromatic nitrogens is 1. The number of nitrogens with one attached hydrogen (secondary N) is 1. The lowest BCUT2D eigenvalue weighted by atomic mass is 10.1. The number of carbonyl (C=O) groups is 1. The summed E-state index contributed by atoms with van der Waals surface area (Å²) in [5.74, 6) is 6.21. The predicted octanol–water partition coefficient (Wildman–Crippen LogP) is 3.16. The summed E-state index contributed by atoms with van der Waals surface area (Å²) in [7, 11) is -3.31. The lowest BCUT2D eigenvalue weighted by Gasteiger charge is -2.08. The van der Waals surface area contributed by atoms with Gasteiger partial charge in [-0.3, -0.25) is 9.78 Å². The average molecular weight is 437 g/mol. The third-order valence-corrected chi connectivity index (χ3v) is 6.80. The maximum atomic E-state index is 12.1. The van der Waals surface area contributed by atoms with Crippen LogP contribution in [0.4, 0.5) is 0 Å². The number of amides is 1. The maximum Gasteiger partial charge on any atom is 0.225 e. The standard InChI is InChI=1S/C24H24N2O4S/c1-18(2)31(28,29)21-12-10-19(11-13-21)17-23(27)25-14-3-4-16-30-22-9-5-7-20-8-6-15-26-24(20)22/h5-13,15,18H,14,16-17H2,1-2H3,(H,25,27). The van der Waals surface area contributed by atoms with Crippen molar-refractivity contribution in [3.05, 3.63) is 66.4 Å². The highest BCUT2D eigenvalue weighted by Gasteiger charge is 2.18. The van der Waals surface area contributed by atoms with E-state index >= 15 is 0 Å². The van der Waals surface area contributed by atoms with E-state index < -0.39 is 15.1 Å². The van der Waals surface area contributed by atoms with Gasteiger partial charge in [-0.25, -0.2) is 8.42 Å². The van der Waals surface area contributed by atoms with Crippen molar-refractivity contribution in [2.45, 2.75) is 30.4 Å². The normalized spacial score (nSPS) is 11.1. The number of nitrogens with zero attached hydrogens (tertiary/aromatic N) is 1. The van der Waals surface area contributed by atoms with Crippen LogP contribution in [0.5, 0.6) is 5.75 Å². The number of carbonyl (C=O) groups excluding carboxylic acids is 1. The molecule has 0 spiro atoms. The number of para-hydroxylation sites is 1. The number of hydrogen-bond acceptors (Lipinski definition) is 5. The van der Waals surface area contributed by atoms with E-state index in [0.717, 1.165) is 16.5 Å².